The smallest absolute Gasteiger partial charge is 0.353 e. The second-order valence-corrected chi connectivity index (χ2v) is 7.62. The quantitative estimate of drug-likeness (QED) is 0.500. The van der Waals surface area contributed by atoms with Crippen molar-refractivity contribution in [2.24, 2.45) is 0 Å². The summed E-state index contributed by atoms with van der Waals surface area (Å²) in [5.74, 6) is -1.41. The number of fused-ring (bicyclic) bond motifs is 1. The molecule has 126 valence electrons. The molecule has 2 amide bonds. The molecule has 2 rings (SSSR count). The Kier molecular flexibility index (Phi) is 6.42. The zero-order valence-electron chi connectivity index (χ0n) is 12.3. The van der Waals surface area contributed by atoms with Gasteiger partial charge in [0.15, 0.2) is 0 Å². The summed E-state index contributed by atoms with van der Waals surface area (Å²) in [7, 11) is 0. The van der Waals surface area contributed by atoms with Crippen molar-refractivity contribution >= 4 is 53.1 Å². The number of rotatable bonds is 7. The molecule has 0 spiro atoms. The van der Waals surface area contributed by atoms with Crippen molar-refractivity contribution in [2.75, 3.05) is 11.5 Å². The van der Waals surface area contributed by atoms with Gasteiger partial charge < -0.3 is 10.4 Å². The number of carbonyl (C=O) groups excluding carboxylic acids is 2. The summed E-state index contributed by atoms with van der Waals surface area (Å²) in [6.07, 6.45) is 1.26. The molecular formula is C14H13N3O4S3. The van der Waals surface area contributed by atoms with Crippen molar-refractivity contribution < 1.29 is 19.5 Å². The SMILES string of the molecule is C=CSC1=C(C(=O)O)N2C(=O)C(NC(=O)CS/C=C\C#N)[C@H]2SC1. The van der Waals surface area contributed by atoms with Crippen molar-refractivity contribution in [2.45, 2.75) is 11.4 Å². The number of hydrogen-bond acceptors (Lipinski definition) is 7. The molecule has 2 atom stereocenters. The van der Waals surface area contributed by atoms with Crippen LogP contribution < -0.4 is 5.32 Å². The average Bonchev–Trinajstić information content (AvgIpc) is 2.56. The Labute approximate surface area is 151 Å². The van der Waals surface area contributed by atoms with Crippen molar-refractivity contribution in [1.82, 2.24) is 10.2 Å². The molecule has 2 N–H and O–H groups in total. The number of carbonyl (C=O) groups is 3. The van der Waals surface area contributed by atoms with Gasteiger partial charge in [-0.1, -0.05) is 18.3 Å². The van der Waals surface area contributed by atoms with E-state index in [9.17, 15) is 19.5 Å². The summed E-state index contributed by atoms with van der Waals surface area (Å²) < 4.78 is 0. The van der Waals surface area contributed by atoms with E-state index in [1.54, 1.807) is 0 Å². The molecule has 1 fully saturated rings. The van der Waals surface area contributed by atoms with Crippen molar-refractivity contribution in [3.8, 4) is 6.07 Å². The van der Waals surface area contributed by atoms with Gasteiger partial charge in [0.05, 0.1) is 11.8 Å². The molecule has 7 nitrogen and oxygen atoms in total. The summed E-state index contributed by atoms with van der Waals surface area (Å²) in [4.78, 5) is 37.4. The molecule has 0 bridgehead atoms. The highest BCUT2D eigenvalue weighted by Crippen LogP contribution is 2.43. The third-order valence-electron chi connectivity index (χ3n) is 3.13. The van der Waals surface area contributed by atoms with E-state index in [0.29, 0.717) is 10.7 Å². The van der Waals surface area contributed by atoms with Gasteiger partial charge in [-0.3, -0.25) is 14.5 Å². The highest BCUT2D eigenvalue weighted by Gasteiger charge is 2.54. The first-order valence-electron chi connectivity index (χ1n) is 6.65. The van der Waals surface area contributed by atoms with Gasteiger partial charge in [-0.15, -0.1) is 23.5 Å². The molecular weight excluding hydrogens is 370 g/mol. The topological polar surface area (TPSA) is 110 Å². The lowest BCUT2D eigenvalue weighted by Crippen LogP contribution is -2.70. The monoisotopic (exact) mass is 383 g/mol. The standard InChI is InChI=1S/C14H13N3O4S3/c1-2-23-8-6-24-13-10(12(19)17(13)11(8)14(20)21)16-9(18)7-22-5-3-4-15/h2-3,5,10,13H,1,6-7H2,(H,16,18)(H,20,21)/b5-3-/t10?,13-/m1/s1. The van der Waals surface area contributed by atoms with Crippen LogP contribution in [-0.2, 0) is 14.4 Å². The number of nitrogens with one attached hydrogen (secondary N) is 1. The number of thioether (sulfide) groups is 3. The third-order valence-corrected chi connectivity index (χ3v) is 6.14. The Morgan fingerprint density at radius 2 is 2.33 bits per heavy atom. The highest BCUT2D eigenvalue weighted by molar-refractivity contribution is 8.08. The third kappa shape index (κ3) is 3.80. The van der Waals surface area contributed by atoms with Crippen LogP contribution in [0.5, 0.6) is 0 Å². The molecule has 0 aromatic heterocycles. The lowest BCUT2D eigenvalue weighted by molar-refractivity contribution is -0.150. The van der Waals surface area contributed by atoms with Crippen LogP contribution in [0.25, 0.3) is 0 Å². The molecule has 24 heavy (non-hydrogen) atoms. The van der Waals surface area contributed by atoms with E-state index in [1.807, 2.05) is 6.07 Å². The number of nitriles is 1. The molecule has 2 aliphatic heterocycles. The summed E-state index contributed by atoms with van der Waals surface area (Å²) in [5, 5.41) is 22.9. The first-order valence-corrected chi connectivity index (χ1v) is 9.63. The summed E-state index contributed by atoms with van der Waals surface area (Å²) >= 11 is 3.73. The van der Waals surface area contributed by atoms with E-state index < -0.39 is 23.3 Å². The van der Waals surface area contributed by atoms with E-state index in [2.05, 4.69) is 11.9 Å². The minimum atomic E-state index is -1.17. The zero-order valence-corrected chi connectivity index (χ0v) is 14.7. The van der Waals surface area contributed by atoms with E-state index in [1.165, 1.54) is 45.3 Å². The van der Waals surface area contributed by atoms with E-state index in [4.69, 9.17) is 5.26 Å². The normalized spacial score (nSPS) is 22.6. The second kappa shape index (κ2) is 8.32. The van der Waals surface area contributed by atoms with Crippen LogP contribution in [0.3, 0.4) is 0 Å². The first-order chi connectivity index (χ1) is 11.5. The second-order valence-electron chi connectivity index (χ2n) is 4.56. The molecule has 1 saturated heterocycles. The summed E-state index contributed by atoms with van der Waals surface area (Å²) in [6, 6.07) is 1.08. The van der Waals surface area contributed by atoms with Gasteiger partial charge in [0.25, 0.3) is 5.91 Å². The van der Waals surface area contributed by atoms with Crippen LogP contribution >= 0.6 is 35.3 Å². The van der Waals surface area contributed by atoms with Crippen LogP contribution in [0.2, 0.25) is 0 Å². The summed E-state index contributed by atoms with van der Waals surface area (Å²) in [5.41, 5.74) is -0.0366. The maximum Gasteiger partial charge on any atom is 0.353 e. The van der Waals surface area contributed by atoms with Gasteiger partial charge in [-0.25, -0.2) is 4.79 Å². The molecule has 10 heteroatoms. The van der Waals surface area contributed by atoms with Gasteiger partial charge in [0, 0.05) is 16.7 Å². The predicted octanol–water partition coefficient (Wildman–Crippen LogP) is 1.33. The first kappa shape index (κ1) is 18.5. The van der Waals surface area contributed by atoms with Crippen molar-refractivity contribution in [3.63, 3.8) is 0 Å². The fourth-order valence-electron chi connectivity index (χ4n) is 2.20. The van der Waals surface area contributed by atoms with Crippen LogP contribution in [0.4, 0.5) is 0 Å². The van der Waals surface area contributed by atoms with Gasteiger partial charge in [-0.2, -0.15) is 5.26 Å². The molecule has 0 aromatic rings. The Hall–Kier alpha value is -1.83. The minimum Gasteiger partial charge on any atom is -0.477 e. The van der Waals surface area contributed by atoms with E-state index >= 15 is 0 Å². The molecule has 0 saturated carbocycles. The Balaban J connectivity index is 2.02. The van der Waals surface area contributed by atoms with Gasteiger partial charge >= 0.3 is 5.97 Å². The molecule has 2 heterocycles. The Morgan fingerprint density at radius 3 is 2.96 bits per heavy atom. The minimum absolute atomic E-state index is 0.0366. The number of carboxylic acids is 1. The summed E-state index contributed by atoms with van der Waals surface area (Å²) in [6.45, 7) is 3.56. The lowest BCUT2D eigenvalue weighted by atomic mass is 10.1. The lowest BCUT2D eigenvalue weighted by Gasteiger charge is -2.49. The van der Waals surface area contributed by atoms with Crippen molar-refractivity contribution in [3.05, 3.63) is 34.1 Å². The van der Waals surface area contributed by atoms with Crippen LogP contribution in [0, 0.1) is 11.3 Å². The molecule has 0 aromatic carbocycles. The number of amides is 2. The van der Waals surface area contributed by atoms with Gasteiger partial charge in [0.1, 0.15) is 17.1 Å². The number of allylic oxidation sites excluding steroid dienone is 1. The molecule has 2 aliphatic rings. The highest BCUT2D eigenvalue weighted by atomic mass is 32.2. The van der Waals surface area contributed by atoms with Gasteiger partial charge in [-0.05, 0) is 10.8 Å². The maximum absolute atomic E-state index is 12.3. The molecule has 1 unspecified atom stereocenters. The number of carboxylic acid groups (broad SMARTS) is 1. The van der Waals surface area contributed by atoms with E-state index in [-0.39, 0.29) is 17.4 Å². The average molecular weight is 383 g/mol. The fraction of sp³-hybridized carbons (Fsp3) is 0.286. The molecule has 0 radical (unpaired) electrons. The Morgan fingerprint density at radius 1 is 1.58 bits per heavy atom. The fourth-order valence-corrected chi connectivity index (χ4v) is 4.86. The number of aliphatic carboxylic acids is 1. The van der Waals surface area contributed by atoms with Crippen molar-refractivity contribution in [1.29, 1.82) is 5.26 Å². The molecule has 0 aliphatic carbocycles. The van der Waals surface area contributed by atoms with Crippen LogP contribution in [0.15, 0.2) is 34.1 Å². The van der Waals surface area contributed by atoms with Gasteiger partial charge in [0.2, 0.25) is 5.91 Å². The zero-order chi connectivity index (χ0) is 17.7. The largest absolute Gasteiger partial charge is 0.477 e. The van der Waals surface area contributed by atoms with Crippen LogP contribution in [0.1, 0.15) is 0 Å². The maximum atomic E-state index is 12.3. The number of hydrogen-bond donors (Lipinski definition) is 2. The van der Waals surface area contributed by atoms with E-state index in [0.717, 1.165) is 11.8 Å². The number of nitrogens with zero attached hydrogens (tertiary/aromatic N) is 2. The number of β-lactam (4-membered cyclic amide) rings is 1. The predicted molar refractivity (Wildman–Crippen MR) is 94.7 cm³/mol. The van der Waals surface area contributed by atoms with Crippen LogP contribution in [-0.4, -0.2) is 50.7 Å². The Bertz CT molecular complexity index is 683.